The van der Waals surface area contributed by atoms with Gasteiger partial charge in [-0.15, -0.1) is 0 Å². The average molecular weight is 289 g/mol. The fourth-order valence-electron chi connectivity index (χ4n) is 3.44. The van der Waals surface area contributed by atoms with Crippen LogP contribution < -0.4 is 5.32 Å². The maximum atomic E-state index is 12.4. The Morgan fingerprint density at radius 3 is 2.71 bits per heavy atom. The van der Waals surface area contributed by atoms with Crippen molar-refractivity contribution in [3.63, 3.8) is 0 Å². The fourth-order valence-corrected chi connectivity index (χ4v) is 3.44. The lowest BCUT2D eigenvalue weighted by Crippen LogP contribution is -2.46. The summed E-state index contributed by atoms with van der Waals surface area (Å²) in [5.41, 5.74) is 0.170. The van der Waals surface area contributed by atoms with Crippen molar-refractivity contribution in [2.75, 3.05) is 19.6 Å². The van der Waals surface area contributed by atoms with E-state index in [0.29, 0.717) is 24.7 Å². The Labute approximate surface area is 122 Å². The van der Waals surface area contributed by atoms with Gasteiger partial charge in [0.2, 0.25) is 5.91 Å². The second-order valence-electron chi connectivity index (χ2n) is 6.47. The summed E-state index contributed by atoms with van der Waals surface area (Å²) in [5, 5.41) is 6.82. The van der Waals surface area contributed by atoms with Gasteiger partial charge >= 0.3 is 0 Å². The molecule has 0 atom stereocenters. The van der Waals surface area contributed by atoms with Crippen molar-refractivity contribution in [2.45, 2.75) is 38.0 Å². The molecule has 3 heterocycles. The Hall–Kier alpha value is -1.85. The topological polar surface area (TPSA) is 75.4 Å². The monoisotopic (exact) mass is 289 g/mol. The molecular formula is C15H19N3O3. The molecule has 3 aliphatic rings. The minimum Gasteiger partial charge on any atom is -0.360 e. The van der Waals surface area contributed by atoms with Gasteiger partial charge in [-0.2, -0.15) is 0 Å². The highest BCUT2D eigenvalue weighted by atomic mass is 16.5. The van der Waals surface area contributed by atoms with Gasteiger partial charge in [0.05, 0.1) is 5.41 Å². The summed E-state index contributed by atoms with van der Waals surface area (Å²) in [6.07, 6.45) is 4.65. The molecular weight excluding hydrogens is 270 g/mol. The molecule has 2 amide bonds. The molecule has 2 aliphatic heterocycles. The van der Waals surface area contributed by atoms with E-state index in [1.54, 1.807) is 11.0 Å². The smallest absolute Gasteiger partial charge is 0.276 e. The van der Waals surface area contributed by atoms with E-state index in [2.05, 4.69) is 10.5 Å². The van der Waals surface area contributed by atoms with Gasteiger partial charge in [-0.25, -0.2) is 0 Å². The second-order valence-corrected chi connectivity index (χ2v) is 6.47. The Kier molecular flexibility index (Phi) is 2.80. The first-order chi connectivity index (χ1) is 10.2. The molecule has 3 fully saturated rings. The Morgan fingerprint density at radius 2 is 2.10 bits per heavy atom. The molecule has 4 rings (SSSR count). The standard InChI is InChI=1S/C15H19N3O3/c19-13(11-9-12(21-17-11)10-1-2-10)18-7-4-15(5-8-18)3-6-16-14(15)20/h9-10H,1-8H2,(H,16,20). The lowest BCUT2D eigenvalue weighted by atomic mass is 9.77. The third-order valence-electron chi connectivity index (χ3n) is 5.11. The first-order valence-corrected chi connectivity index (χ1v) is 7.72. The number of hydrogen-bond donors (Lipinski definition) is 1. The molecule has 1 aromatic heterocycles. The predicted octanol–water partition coefficient (Wildman–Crippen LogP) is 1.29. The predicted molar refractivity (Wildman–Crippen MR) is 73.7 cm³/mol. The maximum Gasteiger partial charge on any atom is 0.276 e. The van der Waals surface area contributed by atoms with Crippen LogP contribution in [0.2, 0.25) is 0 Å². The Morgan fingerprint density at radius 1 is 1.33 bits per heavy atom. The number of amides is 2. The van der Waals surface area contributed by atoms with E-state index in [4.69, 9.17) is 4.52 Å². The highest BCUT2D eigenvalue weighted by Crippen LogP contribution is 2.41. The van der Waals surface area contributed by atoms with Crippen molar-refractivity contribution < 1.29 is 14.1 Å². The fraction of sp³-hybridized carbons (Fsp3) is 0.667. The number of piperidine rings is 1. The van der Waals surface area contributed by atoms with Crippen LogP contribution >= 0.6 is 0 Å². The molecule has 0 unspecified atom stereocenters. The summed E-state index contributed by atoms with van der Waals surface area (Å²) >= 11 is 0. The summed E-state index contributed by atoms with van der Waals surface area (Å²) in [6, 6.07) is 1.78. The van der Waals surface area contributed by atoms with E-state index < -0.39 is 0 Å². The molecule has 112 valence electrons. The number of rotatable bonds is 2. The lowest BCUT2D eigenvalue weighted by molar-refractivity contribution is -0.129. The lowest BCUT2D eigenvalue weighted by Gasteiger charge is -2.36. The number of nitrogens with zero attached hydrogens (tertiary/aromatic N) is 2. The first-order valence-electron chi connectivity index (χ1n) is 7.72. The van der Waals surface area contributed by atoms with Crippen LogP contribution in [0, 0.1) is 5.41 Å². The summed E-state index contributed by atoms with van der Waals surface area (Å²) < 4.78 is 5.25. The Bertz CT molecular complexity index is 583. The quantitative estimate of drug-likeness (QED) is 0.890. The number of hydrogen-bond acceptors (Lipinski definition) is 4. The molecule has 2 saturated heterocycles. The highest BCUT2D eigenvalue weighted by molar-refractivity contribution is 5.92. The van der Waals surface area contributed by atoms with Gasteiger partial charge in [-0.1, -0.05) is 5.16 Å². The van der Waals surface area contributed by atoms with Crippen LogP contribution in [-0.4, -0.2) is 41.5 Å². The normalized spacial score (nSPS) is 24.4. The number of carbonyl (C=O) groups excluding carboxylic acids is 2. The van der Waals surface area contributed by atoms with Crippen LogP contribution in [0.15, 0.2) is 10.6 Å². The van der Waals surface area contributed by atoms with Crippen LogP contribution in [0.3, 0.4) is 0 Å². The van der Waals surface area contributed by atoms with Crippen molar-refractivity contribution in [3.8, 4) is 0 Å². The first kappa shape index (κ1) is 12.9. The minimum atomic E-state index is -0.236. The van der Waals surface area contributed by atoms with E-state index in [1.165, 1.54) is 0 Å². The molecule has 6 heteroatoms. The Balaban J connectivity index is 1.43. The molecule has 1 spiro atoms. The molecule has 6 nitrogen and oxygen atoms in total. The summed E-state index contributed by atoms with van der Waals surface area (Å²) in [7, 11) is 0. The zero-order valence-electron chi connectivity index (χ0n) is 11.9. The summed E-state index contributed by atoms with van der Waals surface area (Å²) in [4.78, 5) is 26.2. The molecule has 1 aromatic rings. The van der Waals surface area contributed by atoms with E-state index in [9.17, 15) is 9.59 Å². The van der Waals surface area contributed by atoms with Gasteiger partial charge in [0.15, 0.2) is 5.69 Å². The number of likely N-dealkylation sites (tertiary alicyclic amines) is 1. The summed E-state index contributed by atoms with van der Waals surface area (Å²) in [6.45, 7) is 2.01. The number of aromatic nitrogens is 1. The van der Waals surface area contributed by atoms with E-state index in [0.717, 1.165) is 44.4 Å². The van der Waals surface area contributed by atoms with Crippen LogP contribution in [0.4, 0.5) is 0 Å². The molecule has 1 N–H and O–H groups in total. The molecule has 21 heavy (non-hydrogen) atoms. The second kappa shape index (κ2) is 4.58. The van der Waals surface area contributed by atoms with Gasteiger partial charge in [0, 0.05) is 31.6 Å². The van der Waals surface area contributed by atoms with E-state index >= 15 is 0 Å². The molecule has 1 aliphatic carbocycles. The van der Waals surface area contributed by atoms with E-state index in [-0.39, 0.29) is 17.2 Å². The van der Waals surface area contributed by atoms with Gasteiger partial charge in [0.1, 0.15) is 5.76 Å². The van der Waals surface area contributed by atoms with Crippen molar-refractivity contribution in [2.24, 2.45) is 5.41 Å². The van der Waals surface area contributed by atoms with Gasteiger partial charge in [-0.3, -0.25) is 9.59 Å². The molecule has 0 radical (unpaired) electrons. The maximum absolute atomic E-state index is 12.4. The number of nitrogens with one attached hydrogen (secondary N) is 1. The van der Waals surface area contributed by atoms with Crippen LogP contribution in [0.1, 0.15) is 54.3 Å². The van der Waals surface area contributed by atoms with Gasteiger partial charge < -0.3 is 14.7 Å². The van der Waals surface area contributed by atoms with Crippen molar-refractivity contribution in [3.05, 3.63) is 17.5 Å². The molecule has 0 bridgehead atoms. The van der Waals surface area contributed by atoms with Gasteiger partial charge in [-0.05, 0) is 32.1 Å². The zero-order chi connectivity index (χ0) is 14.4. The zero-order valence-corrected chi connectivity index (χ0v) is 11.9. The van der Waals surface area contributed by atoms with Crippen LogP contribution in [-0.2, 0) is 4.79 Å². The minimum absolute atomic E-state index is 0.0705. The highest BCUT2D eigenvalue weighted by Gasteiger charge is 2.45. The van der Waals surface area contributed by atoms with Crippen LogP contribution in [0.5, 0.6) is 0 Å². The van der Waals surface area contributed by atoms with Crippen molar-refractivity contribution in [1.29, 1.82) is 0 Å². The third kappa shape index (κ3) is 2.13. The third-order valence-corrected chi connectivity index (χ3v) is 5.11. The van der Waals surface area contributed by atoms with Crippen LogP contribution in [0.25, 0.3) is 0 Å². The van der Waals surface area contributed by atoms with Crippen molar-refractivity contribution >= 4 is 11.8 Å². The largest absolute Gasteiger partial charge is 0.360 e. The number of carbonyl (C=O) groups is 2. The molecule has 1 saturated carbocycles. The summed E-state index contributed by atoms with van der Waals surface area (Å²) in [5.74, 6) is 1.39. The van der Waals surface area contributed by atoms with E-state index in [1.807, 2.05) is 0 Å². The average Bonchev–Trinajstić information content (AvgIpc) is 3.14. The van der Waals surface area contributed by atoms with Gasteiger partial charge in [0.25, 0.3) is 5.91 Å². The van der Waals surface area contributed by atoms with Crippen molar-refractivity contribution in [1.82, 2.24) is 15.4 Å². The SMILES string of the molecule is O=C(c1cc(C2CC2)on1)N1CCC2(CCNC2=O)CC1. The molecule has 0 aromatic carbocycles.